The van der Waals surface area contributed by atoms with Crippen molar-refractivity contribution >= 4 is 17.6 Å². The molecule has 1 aromatic carbocycles. The summed E-state index contributed by atoms with van der Waals surface area (Å²) in [7, 11) is 0. The predicted octanol–water partition coefficient (Wildman–Crippen LogP) is 1.36. The minimum atomic E-state index is -0.619. The molecule has 0 bridgehead atoms. The van der Waals surface area contributed by atoms with Crippen LogP contribution in [0.2, 0.25) is 0 Å². The normalized spacial score (nSPS) is 16.4. The Labute approximate surface area is 150 Å². The highest BCUT2D eigenvalue weighted by atomic mass is 16.7. The number of benzene rings is 1. The van der Waals surface area contributed by atoms with Crippen molar-refractivity contribution in [1.82, 2.24) is 15.1 Å². The smallest absolute Gasteiger partial charge is 0.243 e. The minimum absolute atomic E-state index is 0.0665. The Morgan fingerprint density at radius 2 is 2.12 bits per heavy atom. The van der Waals surface area contributed by atoms with Gasteiger partial charge in [0, 0.05) is 19.0 Å². The number of aromatic nitrogens is 2. The summed E-state index contributed by atoms with van der Waals surface area (Å²) in [5.41, 5.74) is 1.73. The molecule has 2 aliphatic rings. The third-order valence-electron chi connectivity index (χ3n) is 4.60. The van der Waals surface area contributed by atoms with Crippen molar-refractivity contribution in [2.24, 2.45) is 0 Å². The van der Waals surface area contributed by atoms with Gasteiger partial charge in [0.2, 0.25) is 18.6 Å². The van der Waals surface area contributed by atoms with Crippen LogP contribution >= 0.6 is 0 Å². The van der Waals surface area contributed by atoms with Gasteiger partial charge >= 0.3 is 0 Å². The van der Waals surface area contributed by atoms with Gasteiger partial charge in [0.15, 0.2) is 11.5 Å². The molecule has 0 fully saturated rings. The predicted molar refractivity (Wildman–Crippen MR) is 92.9 cm³/mol. The average molecular weight is 356 g/mol. The van der Waals surface area contributed by atoms with Gasteiger partial charge in [0.25, 0.3) is 0 Å². The van der Waals surface area contributed by atoms with Gasteiger partial charge in [-0.2, -0.15) is 5.10 Å². The first-order valence-electron chi connectivity index (χ1n) is 8.55. The quantitative estimate of drug-likeness (QED) is 0.894. The fourth-order valence-electron chi connectivity index (χ4n) is 3.26. The number of hydrogen-bond donors (Lipinski definition) is 1. The molecule has 2 amide bonds. The van der Waals surface area contributed by atoms with Crippen LogP contribution in [0.4, 0.5) is 5.82 Å². The van der Waals surface area contributed by atoms with Gasteiger partial charge in [-0.25, -0.2) is 4.68 Å². The second-order valence-electron chi connectivity index (χ2n) is 6.46. The van der Waals surface area contributed by atoms with Gasteiger partial charge in [-0.05, 0) is 31.5 Å². The zero-order valence-electron chi connectivity index (χ0n) is 14.7. The minimum Gasteiger partial charge on any atom is -0.454 e. The number of fused-ring (bicyclic) bond motifs is 2. The molecule has 26 heavy (non-hydrogen) atoms. The maximum Gasteiger partial charge on any atom is 0.243 e. The number of hydrogen-bond acceptors (Lipinski definition) is 5. The molecule has 1 aromatic heterocycles. The topological polar surface area (TPSA) is 85.7 Å². The van der Waals surface area contributed by atoms with Crippen molar-refractivity contribution in [3.63, 3.8) is 0 Å². The van der Waals surface area contributed by atoms with Crippen molar-refractivity contribution < 1.29 is 19.1 Å². The number of carbonyl (C=O) groups excluding carboxylic acids is 2. The summed E-state index contributed by atoms with van der Waals surface area (Å²) in [5, 5.41) is 7.26. The fourth-order valence-corrected chi connectivity index (χ4v) is 3.26. The second-order valence-corrected chi connectivity index (χ2v) is 6.46. The Hall–Kier alpha value is -3.03. The highest BCUT2D eigenvalue weighted by molar-refractivity contribution is 6.00. The Morgan fingerprint density at radius 1 is 1.31 bits per heavy atom. The van der Waals surface area contributed by atoms with Crippen LogP contribution in [-0.2, 0) is 22.7 Å². The van der Waals surface area contributed by atoms with Crippen molar-refractivity contribution in [3.05, 3.63) is 35.5 Å². The van der Waals surface area contributed by atoms with Crippen LogP contribution in [-0.4, -0.2) is 34.4 Å². The van der Waals surface area contributed by atoms with E-state index in [2.05, 4.69) is 10.4 Å². The molecule has 8 nitrogen and oxygen atoms in total. The molecular formula is C18H20N4O4. The fraction of sp³-hybridized carbons (Fsp3) is 0.389. The van der Waals surface area contributed by atoms with E-state index in [9.17, 15) is 9.59 Å². The molecule has 0 saturated carbocycles. The van der Waals surface area contributed by atoms with Crippen molar-refractivity contribution in [2.45, 2.75) is 39.4 Å². The molecule has 1 atom stereocenters. The van der Waals surface area contributed by atoms with Crippen molar-refractivity contribution in [2.75, 3.05) is 11.7 Å². The van der Waals surface area contributed by atoms with Gasteiger partial charge in [-0.15, -0.1) is 0 Å². The number of ether oxygens (including phenoxy) is 2. The van der Waals surface area contributed by atoms with Crippen LogP contribution in [0, 0.1) is 6.92 Å². The highest BCUT2D eigenvalue weighted by Crippen LogP contribution is 2.32. The number of carbonyl (C=O) groups is 2. The lowest BCUT2D eigenvalue weighted by Crippen LogP contribution is -2.50. The van der Waals surface area contributed by atoms with E-state index < -0.39 is 6.04 Å². The van der Waals surface area contributed by atoms with Gasteiger partial charge in [-0.1, -0.05) is 6.07 Å². The largest absolute Gasteiger partial charge is 0.454 e. The van der Waals surface area contributed by atoms with E-state index in [-0.39, 0.29) is 18.6 Å². The summed E-state index contributed by atoms with van der Waals surface area (Å²) in [6.45, 7) is 4.71. The first kappa shape index (κ1) is 16.4. The van der Waals surface area contributed by atoms with Crippen LogP contribution < -0.4 is 19.7 Å². The molecule has 1 N–H and O–H groups in total. The van der Waals surface area contributed by atoms with Crippen LogP contribution in [0.3, 0.4) is 0 Å². The zero-order valence-corrected chi connectivity index (χ0v) is 14.7. The maximum atomic E-state index is 12.6. The van der Waals surface area contributed by atoms with Gasteiger partial charge in [0.05, 0.1) is 12.2 Å². The number of amides is 2. The first-order chi connectivity index (χ1) is 12.5. The number of rotatable bonds is 4. The molecule has 2 aromatic rings. The number of anilines is 1. The van der Waals surface area contributed by atoms with E-state index in [0.717, 1.165) is 11.3 Å². The van der Waals surface area contributed by atoms with E-state index in [1.165, 1.54) is 4.90 Å². The van der Waals surface area contributed by atoms with Crippen molar-refractivity contribution in [3.8, 4) is 11.5 Å². The molecule has 1 unspecified atom stereocenters. The summed E-state index contributed by atoms with van der Waals surface area (Å²) in [5.74, 6) is 1.77. The van der Waals surface area contributed by atoms with Gasteiger partial charge in [0.1, 0.15) is 11.9 Å². The second kappa shape index (κ2) is 6.36. The average Bonchev–Trinajstić information content (AvgIpc) is 3.23. The lowest BCUT2D eigenvalue weighted by Gasteiger charge is -2.31. The van der Waals surface area contributed by atoms with E-state index in [4.69, 9.17) is 9.47 Å². The third-order valence-corrected chi connectivity index (χ3v) is 4.60. The Morgan fingerprint density at radius 3 is 2.96 bits per heavy atom. The number of nitrogens with zero attached hydrogens (tertiary/aromatic N) is 3. The monoisotopic (exact) mass is 356 g/mol. The molecule has 2 aliphatic heterocycles. The summed E-state index contributed by atoms with van der Waals surface area (Å²) >= 11 is 0. The molecular weight excluding hydrogens is 336 g/mol. The number of nitrogens with one attached hydrogen (secondary N) is 1. The standard InChI is InChI=1S/C18H20N4O4/c1-11-7-16-21(20-11)6-5-17(23)22(16)12(2)18(24)19-9-13-3-4-14-15(8-13)26-10-25-14/h3-4,7-8,12H,5-6,9-10H2,1-2H3,(H,19,24). The zero-order chi connectivity index (χ0) is 18.3. The third kappa shape index (κ3) is 2.87. The Kier molecular flexibility index (Phi) is 4.02. The molecule has 8 heteroatoms. The molecule has 3 heterocycles. The molecule has 0 aliphatic carbocycles. The van der Waals surface area contributed by atoms with Crippen LogP contribution in [0.25, 0.3) is 0 Å². The van der Waals surface area contributed by atoms with E-state index >= 15 is 0 Å². The van der Waals surface area contributed by atoms with E-state index in [1.54, 1.807) is 11.6 Å². The summed E-state index contributed by atoms with van der Waals surface area (Å²) in [6.07, 6.45) is 0.341. The van der Waals surface area contributed by atoms with Gasteiger partial charge < -0.3 is 14.8 Å². The summed E-state index contributed by atoms with van der Waals surface area (Å²) in [6, 6.07) is 6.76. The van der Waals surface area contributed by atoms with E-state index in [0.29, 0.717) is 36.8 Å². The van der Waals surface area contributed by atoms with Crippen LogP contribution in [0.1, 0.15) is 24.6 Å². The molecule has 4 rings (SSSR count). The lowest BCUT2D eigenvalue weighted by atomic mass is 10.1. The maximum absolute atomic E-state index is 12.6. The van der Waals surface area contributed by atoms with Crippen molar-refractivity contribution in [1.29, 1.82) is 0 Å². The Balaban J connectivity index is 1.45. The first-order valence-corrected chi connectivity index (χ1v) is 8.55. The SMILES string of the molecule is Cc1cc2n(n1)CCC(=O)N2C(C)C(=O)NCc1ccc2c(c1)OCO2. The highest BCUT2D eigenvalue weighted by Gasteiger charge is 2.33. The number of aryl methyl sites for hydroxylation is 2. The summed E-state index contributed by atoms with van der Waals surface area (Å²) in [4.78, 5) is 26.5. The summed E-state index contributed by atoms with van der Waals surface area (Å²) < 4.78 is 12.4. The molecule has 136 valence electrons. The van der Waals surface area contributed by atoms with Gasteiger partial charge in [-0.3, -0.25) is 14.5 Å². The molecule has 0 radical (unpaired) electrons. The van der Waals surface area contributed by atoms with E-state index in [1.807, 2.05) is 31.2 Å². The Bertz CT molecular complexity index is 876. The van der Waals surface area contributed by atoms with Crippen LogP contribution in [0.15, 0.2) is 24.3 Å². The van der Waals surface area contributed by atoms with Crippen LogP contribution in [0.5, 0.6) is 11.5 Å². The lowest BCUT2D eigenvalue weighted by molar-refractivity contribution is -0.126. The molecule has 0 spiro atoms. The molecule has 0 saturated heterocycles.